The second kappa shape index (κ2) is 18.5. The summed E-state index contributed by atoms with van der Waals surface area (Å²) in [6.45, 7) is 1.63. The quantitative estimate of drug-likeness (QED) is 0.0521. The van der Waals surface area contributed by atoms with Crippen LogP contribution in [0.1, 0.15) is 52.3 Å². The summed E-state index contributed by atoms with van der Waals surface area (Å²) in [6.07, 6.45) is 1.59. The lowest BCUT2D eigenvalue weighted by atomic mass is 10.1. The van der Waals surface area contributed by atoms with Gasteiger partial charge in [0.25, 0.3) is 17.7 Å². The third-order valence-corrected chi connectivity index (χ3v) is 10.8. The van der Waals surface area contributed by atoms with Gasteiger partial charge < -0.3 is 26.0 Å². The molecule has 0 aliphatic carbocycles. The Balaban J connectivity index is 1.25. The number of nitrogens with one attached hydrogen (secondary N) is 4. The van der Waals surface area contributed by atoms with E-state index in [-0.39, 0.29) is 21.1 Å². The maximum Gasteiger partial charge on any atom is 0.341 e. The number of para-hydroxylation sites is 1. The molecule has 0 radical (unpaired) electrons. The lowest BCUT2D eigenvalue weighted by Crippen LogP contribution is -2.30. The van der Waals surface area contributed by atoms with Crippen molar-refractivity contribution in [1.82, 2.24) is 5.32 Å². The average Bonchev–Trinajstić information content (AvgIpc) is 3.55. The second-order valence-electron chi connectivity index (χ2n) is 12.2. The fraction of sp³-hybridized carbons (Fsp3) is 0.0682. The molecule has 1 unspecified atom stereocenters. The van der Waals surface area contributed by atoms with E-state index in [1.807, 2.05) is 72.8 Å². The number of carbonyl (C=O) groups is 5. The predicted molar refractivity (Wildman–Crippen MR) is 222 cm³/mol. The summed E-state index contributed by atoms with van der Waals surface area (Å²) in [5.41, 5.74) is 3.29. The standard InChI is InChI=1S/C44H36N4O6S2/c1-28-36(44(53)54-2)43(56-37(28)41(51)45-32-22-13-6-14-23-32)48-42(52)38(30-18-9-4-10-19-30)55-34-25-15-24-33(27-34)46-40(50)35(26-29-16-7-3-8-17-29)47-39(49)31-20-11-5-12-21-31/h3-27,38H,1-2H3,(H,45,51)(H,46,50)(H,47,49)(H,48,52)/b35-26-. The van der Waals surface area contributed by atoms with Gasteiger partial charge in [-0.25, -0.2) is 4.79 Å². The summed E-state index contributed by atoms with van der Waals surface area (Å²) in [7, 11) is 1.24. The van der Waals surface area contributed by atoms with Crippen molar-refractivity contribution >= 4 is 75.1 Å². The number of methoxy groups -OCH3 is 1. The van der Waals surface area contributed by atoms with Crippen molar-refractivity contribution in [2.24, 2.45) is 0 Å². The maximum atomic E-state index is 14.2. The molecule has 0 aliphatic rings. The number of hydrogen-bond donors (Lipinski definition) is 4. The van der Waals surface area contributed by atoms with Crippen LogP contribution < -0.4 is 21.3 Å². The summed E-state index contributed by atoms with van der Waals surface area (Å²) >= 11 is 2.21. The predicted octanol–water partition coefficient (Wildman–Crippen LogP) is 8.98. The Morgan fingerprint density at radius 2 is 1.29 bits per heavy atom. The van der Waals surface area contributed by atoms with Crippen molar-refractivity contribution in [3.63, 3.8) is 0 Å². The molecule has 0 aliphatic heterocycles. The number of rotatable bonds is 13. The second-order valence-corrected chi connectivity index (χ2v) is 14.4. The van der Waals surface area contributed by atoms with Gasteiger partial charge in [-0.15, -0.1) is 23.1 Å². The van der Waals surface area contributed by atoms with Crippen molar-refractivity contribution in [2.45, 2.75) is 17.1 Å². The smallest absolute Gasteiger partial charge is 0.341 e. The van der Waals surface area contributed by atoms with Crippen molar-refractivity contribution < 1.29 is 28.7 Å². The van der Waals surface area contributed by atoms with Crippen LogP contribution in [0.4, 0.5) is 16.4 Å². The maximum absolute atomic E-state index is 14.2. The molecular formula is C44H36N4O6S2. The fourth-order valence-corrected chi connectivity index (χ4v) is 7.77. The van der Waals surface area contributed by atoms with Crippen LogP contribution in [-0.4, -0.2) is 36.7 Å². The molecule has 10 nitrogen and oxygen atoms in total. The molecule has 1 heterocycles. The Morgan fingerprint density at radius 1 is 0.679 bits per heavy atom. The van der Waals surface area contributed by atoms with Crippen molar-refractivity contribution in [2.75, 3.05) is 23.1 Å². The van der Waals surface area contributed by atoms with E-state index in [1.165, 1.54) is 18.9 Å². The van der Waals surface area contributed by atoms with Gasteiger partial charge in [-0.3, -0.25) is 19.2 Å². The molecule has 56 heavy (non-hydrogen) atoms. The Bertz CT molecular complexity index is 2380. The van der Waals surface area contributed by atoms with Crippen molar-refractivity contribution in [3.8, 4) is 0 Å². The van der Waals surface area contributed by atoms with Crippen LogP contribution in [0.25, 0.3) is 6.08 Å². The number of carbonyl (C=O) groups excluding carboxylic acids is 5. The molecule has 12 heteroatoms. The monoisotopic (exact) mass is 780 g/mol. The molecule has 5 aromatic carbocycles. The van der Waals surface area contributed by atoms with E-state index >= 15 is 0 Å². The number of ether oxygens (including phenoxy) is 1. The van der Waals surface area contributed by atoms with Gasteiger partial charge in [0.15, 0.2) is 0 Å². The first-order valence-corrected chi connectivity index (χ1v) is 19.0. The molecule has 1 aromatic heterocycles. The summed E-state index contributed by atoms with van der Waals surface area (Å²) < 4.78 is 5.05. The average molecular weight is 781 g/mol. The van der Waals surface area contributed by atoms with Gasteiger partial charge >= 0.3 is 5.97 Å². The van der Waals surface area contributed by atoms with Crippen LogP contribution in [0, 0.1) is 6.92 Å². The molecular weight excluding hydrogens is 745 g/mol. The van der Waals surface area contributed by atoms with Crippen LogP contribution in [0.15, 0.2) is 156 Å². The highest BCUT2D eigenvalue weighted by Crippen LogP contribution is 2.40. The van der Waals surface area contributed by atoms with Gasteiger partial charge in [-0.05, 0) is 72.2 Å². The molecule has 0 bridgehead atoms. The normalized spacial score (nSPS) is 11.5. The number of esters is 1. The van der Waals surface area contributed by atoms with Crippen LogP contribution >= 0.6 is 23.1 Å². The zero-order valence-electron chi connectivity index (χ0n) is 30.3. The lowest BCUT2D eigenvalue weighted by Gasteiger charge is -2.18. The Hall–Kier alpha value is -6.76. The Labute approximate surface area is 332 Å². The third kappa shape index (κ3) is 9.85. The highest BCUT2D eigenvalue weighted by atomic mass is 32.2. The largest absolute Gasteiger partial charge is 0.465 e. The van der Waals surface area contributed by atoms with Crippen molar-refractivity contribution in [3.05, 3.63) is 184 Å². The van der Waals surface area contributed by atoms with E-state index in [9.17, 15) is 24.0 Å². The molecule has 0 fully saturated rings. The molecule has 6 aromatic rings. The number of amides is 4. The summed E-state index contributed by atoms with van der Waals surface area (Å²) in [5.74, 6) is -2.56. The molecule has 6 rings (SSSR count). The first-order valence-electron chi connectivity index (χ1n) is 17.3. The van der Waals surface area contributed by atoms with Crippen LogP contribution in [0.2, 0.25) is 0 Å². The topological polar surface area (TPSA) is 143 Å². The van der Waals surface area contributed by atoms with E-state index in [0.29, 0.717) is 38.5 Å². The van der Waals surface area contributed by atoms with Gasteiger partial charge in [0.05, 0.1) is 17.6 Å². The van der Waals surface area contributed by atoms with E-state index in [4.69, 9.17) is 4.74 Å². The molecule has 0 saturated heterocycles. The summed E-state index contributed by atoms with van der Waals surface area (Å²) in [5, 5.41) is 10.7. The van der Waals surface area contributed by atoms with Crippen LogP contribution in [0.3, 0.4) is 0 Å². The van der Waals surface area contributed by atoms with E-state index in [0.717, 1.165) is 11.3 Å². The molecule has 280 valence electrons. The number of hydrogen-bond acceptors (Lipinski definition) is 8. The van der Waals surface area contributed by atoms with Crippen LogP contribution in [-0.2, 0) is 14.3 Å². The van der Waals surface area contributed by atoms with E-state index in [2.05, 4.69) is 21.3 Å². The van der Waals surface area contributed by atoms with Crippen molar-refractivity contribution in [1.29, 1.82) is 0 Å². The van der Waals surface area contributed by atoms with Gasteiger partial charge in [0.1, 0.15) is 15.9 Å². The Kier molecular flexibility index (Phi) is 12.9. The van der Waals surface area contributed by atoms with E-state index < -0.39 is 34.8 Å². The minimum atomic E-state index is -0.824. The minimum Gasteiger partial charge on any atom is -0.465 e. The number of anilines is 3. The summed E-state index contributed by atoms with van der Waals surface area (Å²) in [4.78, 5) is 68.2. The third-order valence-electron chi connectivity index (χ3n) is 8.34. The van der Waals surface area contributed by atoms with Crippen LogP contribution in [0.5, 0.6) is 0 Å². The summed E-state index contributed by atoms with van der Waals surface area (Å²) in [6, 6.07) is 42.8. The molecule has 4 amide bonds. The molecule has 0 saturated carbocycles. The highest BCUT2D eigenvalue weighted by molar-refractivity contribution is 8.00. The molecule has 4 N–H and O–H groups in total. The van der Waals surface area contributed by atoms with Gasteiger partial charge in [0, 0.05) is 21.8 Å². The zero-order valence-corrected chi connectivity index (χ0v) is 31.9. The minimum absolute atomic E-state index is 0.0362. The highest BCUT2D eigenvalue weighted by Gasteiger charge is 2.29. The first-order chi connectivity index (χ1) is 27.2. The SMILES string of the molecule is COC(=O)c1c(NC(=O)C(Sc2cccc(NC(=O)/C(=C/c3ccccc3)NC(=O)c3ccccc3)c2)c2ccccc2)sc(C(=O)Nc2ccccc2)c1C. The molecule has 0 spiro atoms. The number of thioether (sulfide) groups is 1. The fourth-order valence-electron chi connectivity index (χ4n) is 5.59. The van der Waals surface area contributed by atoms with Gasteiger partial charge in [-0.1, -0.05) is 103 Å². The Morgan fingerprint density at radius 3 is 1.95 bits per heavy atom. The lowest BCUT2D eigenvalue weighted by molar-refractivity contribution is -0.116. The number of thiophene rings is 1. The zero-order chi connectivity index (χ0) is 39.4. The van der Waals surface area contributed by atoms with Gasteiger partial charge in [-0.2, -0.15) is 0 Å². The number of benzene rings is 5. The molecule has 1 atom stereocenters. The van der Waals surface area contributed by atoms with E-state index in [1.54, 1.807) is 85.8 Å². The first kappa shape index (κ1) is 38.9. The van der Waals surface area contributed by atoms with Gasteiger partial charge in [0.2, 0.25) is 5.91 Å².